The standard InChI is InChI=1S/C18H24BrN5O2S2/c1-14-13-16(21-18(20-14)23-7-3-2-4-8-23)22-9-11-24(12-10-22)28(25,26)17-6-5-15(19)27-17/h5-6,13H,2-4,7-12H2,1H3. The number of piperidine rings is 1. The Balaban J connectivity index is 1.47. The average Bonchev–Trinajstić information content (AvgIpc) is 3.15. The second-order valence-corrected chi connectivity index (χ2v) is 11.8. The quantitative estimate of drug-likeness (QED) is 0.662. The number of aromatic nitrogens is 2. The average molecular weight is 486 g/mol. The lowest BCUT2D eigenvalue weighted by molar-refractivity contribution is 0.384. The number of hydrogen-bond acceptors (Lipinski definition) is 7. The largest absolute Gasteiger partial charge is 0.354 e. The number of anilines is 2. The van der Waals surface area contributed by atoms with Crippen molar-refractivity contribution >= 4 is 49.1 Å². The van der Waals surface area contributed by atoms with Gasteiger partial charge in [-0.1, -0.05) is 0 Å². The molecule has 28 heavy (non-hydrogen) atoms. The fraction of sp³-hybridized carbons (Fsp3) is 0.556. The molecule has 0 N–H and O–H groups in total. The van der Waals surface area contributed by atoms with Crippen LogP contribution in [0.1, 0.15) is 25.0 Å². The highest BCUT2D eigenvalue weighted by Crippen LogP contribution is 2.29. The van der Waals surface area contributed by atoms with E-state index in [9.17, 15) is 8.42 Å². The molecule has 2 aliphatic heterocycles. The summed E-state index contributed by atoms with van der Waals surface area (Å²) in [6.07, 6.45) is 3.64. The smallest absolute Gasteiger partial charge is 0.252 e. The second kappa shape index (κ2) is 8.25. The molecule has 4 rings (SSSR count). The van der Waals surface area contributed by atoms with Crippen LogP contribution in [0.4, 0.5) is 11.8 Å². The summed E-state index contributed by atoms with van der Waals surface area (Å²) in [4.78, 5) is 13.9. The molecule has 10 heteroatoms. The van der Waals surface area contributed by atoms with Crippen LogP contribution < -0.4 is 9.80 Å². The molecule has 0 saturated carbocycles. The van der Waals surface area contributed by atoms with Gasteiger partial charge < -0.3 is 9.80 Å². The first-order chi connectivity index (χ1) is 13.4. The minimum absolute atomic E-state index is 0.387. The molecule has 0 spiro atoms. The SMILES string of the molecule is Cc1cc(N2CCN(S(=O)(=O)c3ccc(Br)s3)CC2)nc(N2CCCCC2)n1. The molecule has 2 aliphatic rings. The summed E-state index contributed by atoms with van der Waals surface area (Å²) < 4.78 is 28.4. The molecule has 2 fully saturated rings. The monoisotopic (exact) mass is 485 g/mol. The highest BCUT2D eigenvalue weighted by atomic mass is 79.9. The van der Waals surface area contributed by atoms with Crippen LogP contribution in [0.3, 0.4) is 0 Å². The van der Waals surface area contributed by atoms with E-state index in [1.165, 1.54) is 30.6 Å². The lowest BCUT2D eigenvalue weighted by atomic mass is 10.1. The van der Waals surface area contributed by atoms with E-state index in [0.29, 0.717) is 30.4 Å². The summed E-state index contributed by atoms with van der Waals surface area (Å²) in [6.45, 7) is 6.17. The molecule has 0 bridgehead atoms. The van der Waals surface area contributed by atoms with Gasteiger partial charge in [-0.15, -0.1) is 11.3 Å². The van der Waals surface area contributed by atoms with Crippen molar-refractivity contribution in [1.29, 1.82) is 0 Å². The Hall–Kier alpha value is -1.23. The number of thiophene rings is 1. The molecule has 2 saturated heterocycles. The molecule has 152 valence electrons. The maximum atomic E-state index is 12.8. The van der Waals surface area contributed by atoms with Gasteiger partial charge in [-0.3, -0.25) is 0 Å². The molecule has 7 nitrogen and oxygen atoms in total. The van der Waals surface area contributed by atoms with Crippen molar-refractivity contribution in [2.75, 3.05) is 49.1 Å². The third-order valence-corrected chi connectivity index (χ3v) is 9.16. The fourth-order valence-corrected chi connectivity index (χ4v) is 7.24. The van der Waals surface area contributed by atoms with Crippen LogP contribution in [-0.2, 0) is 10.0 Å². The topological polar surface area (TPSA) is 69.6 Å². The lowest BCUT2D eigenvalue weighted by Crippen LogP contribution is -2.48. The molecule has 0 unspecified atom stereocenters. The number of piperazine rings is 1. The van der Waals surface area contributed by atoms with Crippen LogP contribution in [0.2, 0.25) is 0 Å². The summed E-state index contributed by atoms with van der Waals surface area (Å²) in [5.41, 5.74) is 0.948. The van der Waals surface area contributed by atoms with Crippen LogP contribution in [0.25, 0.3) is 0 Å². The van der Waals surface area contributed by atoms with Gasteiger partial charge in [0.1, 0.15) is 10.0 Å². The first-order valence-corrected chi connectivity index (χ1v) is 12.6. The van der Waals surface area contributed by atoms with Crippen LogP contribution in [0.15, 0.2) is 26.2 Å². The molecular formula is C18H24BrN5O2S2. The lowest BCUT2D eigenvalue weighted by Gasteiger charge is -2.35. The Morgan fingerprint density at radius 3 is 2.32 bits per heavy atom. The normalized spacial score (nSPS) is 19.2. The van der Waals surface area contributed by atoms with Gasteiger partial charge in [0, 0.05) is 51.0 Å². The molecular weight excluding hydrogens is 462 g/mol. The summed E-state index contributed by atoms with van der Waals surface area (Å²) in [7, 11) is -3.43. The van der Waals surface area contributed by atoms with E-state index in [-0.39, 0.29) is 0 Å². The Bertz CT molecular complexity index is 935. The summed E-state index contributed by atoms with van der Waals surface area (Å²) in [5.74, 6) is 1.69. The summed E-state index contributed by atoms with van der Waals surface area (Å²) in [5, 5.41) is 0. The van der Waals surface area contributed by atoms with Gasteiger partial charge in [0.15, 0.2) is 0 Å². The summed E-state index contributed by atoms with van der Waals surface area (Å²) >= 11 is 4.60. The third-order valence-electron chi connectivity index (χ3n) is 5.17. The van der Waals surface area contributed by atoms with E-state index in [0.717, 1.165) is 34.3 Å². The molecule has 0 aliphatic carbocycles. The van der Waals surface area contributed by atoms with E-state index in [1.807, 2.05) is 13.0 Å². The number of halogens is 1. The van der Waals surface area contributed by atoms with Gasteiger partial charge in [-0.05, 0) is 54.2 Å². The van der Waals surface area contributed by atoms with Gasteiger partial charge in [0.2, 0.25) is 5.95 Å². The first-order valence-electron chi connectivity index (χ1n) is 9.54. The van der Waals surface area contributed by atoms with E-state index < -0.39 is 10.0 Å². The van der Waals surface area contributed by atoms with Crippen molar-refractivity contribution in [3.8, 4) is 0 Å². The Morgan fingerprint density at radius 1 is 0.964 bits per heavy atom. The highest BCUT2D eigenvalue weighted by Gasteiger charge is 2.30. The highest BCUT2D eigenvalue weighted by molar-refractivity contribution is 9.11. The molecule has 0 atom stereocenters. The van der Waals surface area contributed by atoms with Crippen molar-refractivity contribution in [3.63, 3.8) is 0 Å². The van der Waals surface area contributed by atoms with E-state index in [1.54, 1.807) is 16.4 Å². The van der Waals surface area contributed by atoms with E-state index in [2.05, 4.69) is 30.7 Å². The molecule has 4 heterocycles. The van der Waals surface area contributed by atoms with Crippen molar-refractivity contribution in [2.45, 2.75) is 30.4 Å². The van der Waals surface area contributed by atoms with Gasteiger partial charge in [0.25, 0.3) is 10.0 Å². The zero-order valence-corrected chi connectivity index (χ0v) is 19.1. The molecule has 0 amide bonds. The Morgan fingerprint density at radius 2 is 1.68 bits per heavy atom. The predicted molar refractivity (Wildman–Crippen MR) is 116 cm³/mol. The second-order valence-electron chi connectivity index (χ2n) is 7.16. The maximum Gasteiger partial charge on any atom is 0.252 e. The number of hydrogen-bond donors (Lipinski definition) is 0. The molecule has 2 aromatic heterocycles. The van der Waals surface area contributed by atoms with Crippen LogP contribution >= 0.6 is 27.3 Å². The first kappa shape index (κ1) is 20.1. The molecule has 0 radical (unpaired) electrons. The number of nitrogens with zero attached hydrogens (tertiary/aromatic N) is 5. The van der Waals surface area contributed by atoms with Gasteiger partial charge in [0.05, 0.1) is 3.79 Å². The summed E-state index contributed by atoms with van der Waals surface area (Å²) in [6, 6.07) is 5.43. The minimum atomic E-state index is -3.43. The van der Waals surface area contributed by atoms with E-state index >= 15 is 0 Å². The van der Waals surface area contributed by atoms with Crippen molar-refractivity contribution in [2.24, 2.45) is 0 Å². The Kier molecular flexibility index (Phi) is 5.91. The van der Waals surface area contributed by atoms with Gasteiger partial charge in [-0.2, -0.15) is 9.29 Å². The van der Waals surface area contributed by atoms with Crippen molar-refractivity contribution in [1.82, 2.24) is 14.3 Å². The zero-order valence-electron chi connectivity index (χ0n) is 15.8. The number of sulfonamides is 1. The third kappa shape index (κ3) is 4.19. The Labute approximate surface area is 178 Å². The maximum absolute atomic E-state index is 12.8. The van der Waals surface area contributed by atoms with Gasteiger partial charge >= 0.3 is 0 Å². The minimum Gasteiger partial charge on any atom is -0.354 e. The zero-order chi connectivity index (χ0) is 19.7. The van der Waals surface area contributed by atoms with Crippen LogP contribution in [0.5, 0.6) is 0 Å². The van der Waals surface area contributed by atoms with Crippen LogP contribution in [-0.4, -0.2) is 62.0 Å². The van der Waals surface area contributed by atoms with Crippen molar-refractivity contribution in [3.05, 3.63) is 27.7 Å². The molecule has 0 aromatic carbocycles. The van der Waals surface area contributed by atoms with E-state index in [4.69, 9.17) is 4.98 Å². The number of aryl methyl sites for hydroxylation is 1. The predicted octanol–water partition coefficient (Wildman–Crippen LogP) is 3.11. The van der Waals surface area contributed by atoms with Crippen LogP contribution in [0, 0.1) is 6.92 Å². The fourth-order valence-electron chi connectivity index (χ4n) is 3.66. The number of rotatable bonds is 4. The van der Waals surface area contributed by atoms with Crippen molar-refractivity contribution < 1.29 is 8.42 Å². The molecule has 2 aromatic rings. The van der Waals surface area contributed by atoms with Gasteiger partial charge in [-0.25, -0.2) is 13.4 Å².